The lowest BCUT2D eigenvalue weighted by Crippen LogP contribution is -2.55. The quantitative estimate of drug-likeness (QED) is 0.189. The fraction of sp³-hybridized carbons (Fsp3) is 0.375. The van der Waals surface area contributed by atoms with Crippen molar-refractivity contribution in [3.63, 3.8) is 0 Å². The molecule has 2 nitrogen and oxygen atoms in total. The predicted octanol–water partition coefficient (Wildman–Crippen LogP) is 13.1. The van der Waals surface area contributed by atoms with Gasteiger partial charge in [0.15, 0.2) is 5.58 Å². The fourth-order valence-corrected chi connectivity index (χ4v) is 12.3. The van der Waals surface area contributed by atoms with E-state index in [4.69, 9.17) is 4.42 Å². The van der Waals surface area contributed by atoms with Crippen LogP contribution in [-0.2, 0) is 16.2 Å². The van der Waals surface area contributed by atoms with Gasteiger partial charge in [0.05, 0.1) is 5.69 Å². The molecule has 0 atom stereocenters. The average Bonchev–Trinajstić information content (AvgIpc) is 3.64. The van der Waals surface area contributed by atoms with Crippen molar-refractivity contribution >= 4 is 39.0 Å². The largest absolute Gasteiger partial charge is 0.454 e. The molecule has 12 rings (SSSR count). The van der Waals surface area contributed by atoms with E-state index in [1.54, 1.807) is 11.1 Å². The number of fused-ring (bicyclic) bond motifs is 7. The molecule has 4 saturated carbocycles. The third-order valence-electron chi connectivity index (χ3n) is 14.5. The molecule has 1 heterocycles. The van der Waals surface area contributed by atoms with Gasteiger partial charge in [0.2, 0.25) is 0 Å². The summed E-state index contributed by atoms with van der Waals surface area (Å²) in [5.74, 6) is 3.41. The molecule has 4 bridgehead atoms. The molecule has 0 aliphatic heterocycles. The van der Waals surface area contributed by atoms with E-state index >= 15 is 0 Å². The Kier molecular flexibility index (Phi) is 5.85. The van der Waals surface area contributed by atoms with Crippen LogP contribution in [0.15, 0.2) is 108 Å². The molecule has 50 heavy (non-hydrogen) atoms. The van der Waals surface area contributed by atoms with Crippen molar-refractivity contribution in [2.45, 2.75) is 88.9 Å². The van der Waals surface area contributed by atoms with E-state index in [0.29, 0.717) is 0 Å². The summed E-state index contributed by atoms with van der Waals surface area (Å²) < 4.78 is 6.76. The molecule has 6 aromatic rings. The number of furan rings is 1. The van der Waals surface area contributed by atoms with Crippen molar-refractivity contribution in [1.82, 2.24) is 0 Å². The molecule has 0 unspecified atom stereocenters. The van der Waals surface area contributed by atoms with Gasteiger partial charge in [0.25, 0.3) is 0 Å². The summed E-state index contributed by atoms with van der Waals surface area (Å²) in [7, 11) is 0. The van der Waals surface area contributed by atoms with Crippen LogP contribution in [0.5, 0.6) is 0 Å². The van der Waals surface area contributed by atoms with Crippen molar-refractivity contribution < 1.29 is 4.42 Å². The Hall–Kier alpha value is -4.30. The van der Waals surface area contributed by atoms with E-state index in [1.165, 1.54) is 89.3 Å². The van der Waals surface area contributed by atoms with Gasteiger partial charge in [-0.1, -0.05) is 94.4 Å². The molecule has 1 spiro atoms. The molecular weight excluding hydrogens is 607 g/mol. The van der Waals surface area contributed by atoms with Crippen molar-refractivity contribution in [2.24, 2.45) is 23.7 Å². The number of nitrogens with zero attached hydrogens (tertiary/aromatic N) is 1. The van der Waals surface area contributed by atoms with Gasteiger partial charge in [0.1, 0.15) is 5.58 Å². The smallest absolute Gasteiger partial charge is 0.159 e. The van der Waals surface area contributed by atoms with Gasteiger partial charge in [-0.15, -0.1) is 0 Å². The van der Waals surface area contributed by atoms with Crippen LogP contribution in [0, 0.1) is 23.7 Å². The zero-order chi connectivity index (χ0) is 33.6. The Labute approximate surface area is 296 Å². The van der Waals surface area contributed by atoms with Crippen LogP contribution in [0.25, 0.3) is 33.1 Å². The molecule has 250 valence electrons. The summed E-state index contributed by atoms with van der Waals surface area (Å²) in [5, 5.41) is 2.34. The van der Waals surface area contributed by atoms with E-state index in [1.807, 2.05) is 0 Å². The molecular formula is C48H47NO. The Morgan fingerprint density at radius 2 is 1.16 bits per heavy atom. The minimum Gasteiger partial charge on any atom is -0.454 e. The van der Waals surface area contributed by atoms with Gasteiger partial charge in [-0.05, 0) is 149 Å². The lowest BCUT2D eigenvalue weighted by atomic mass is 9.43. The van der Waals surface area contributed by atoms with E-state index in [2.05, 4.69) is 136 Å². The van der Waals surface area contributed by atoms with Crippen LogP contribution in [0.4, 0.5) is 17.1 Å². The molecule has 2 heteroatoms. The molecule has 0 N–H and O–H groups in total. The highest BCUT2D eigenvalue weighted by Gasteiger charge is 2.61. The second-order valence-electron chi connectivity index (χ2n) is 18.0. The van der Waals surface area contributed by atoms with Crippen molar-refractivity contribution in [3.8, 4) is 11.1 Å². The van der Waals surface area contributed by atoms with Gasteiger partial charge >= 0.3 is 0 Å². The van der Waals surface area contributed by atoms with Crippen LogP contribution in [0.3, 0.4) is 0 Å². The summed E-state index contributed by atoms with van der Waals surface area (Å²) >= 11 is 0. The third-order valence-corrected chi connectivity index (χ3v) is 14.5. The molecule has 6 aliphatic rings. The van der Waals surface area contributed by atoms with Gasteiger partial charge < -0.3 is 9.32 Å². The Balaban J connectivity index is 1.16. The van der Waals surface area contributed by atoms with Crippen molar-refractivity contribution in [1.29, 1.82) is 0 Å². The van der Waals surface area contributed by atoms with Gasteiger partial charge in [-0.2, -0.15) is 0 Å². The number of anilines is 3. The zero-order valence-corrected chi connectivity index (χ0v) is 29.9. The number of benzene rings is 5. The lowest BCUT2D eigenvalue weighted by molar-refractivity contribution is -0.0399. The second-order valence-corrected chi connectivity index (χ2v) is 18.0. The lowest BCUT2D eigenvalue weighted by Gasteiger charge is -2.61. The molecule has 0 amide bonds. The first-order chi connectivity index (χ1) is 24.2. The number of para-hydroxylation sites is 2. The van der Waals surface area contributed by atoms with Gasteiger partial charge in [-0.25, -0.2) is 0 Å². The summed E-state index contributed by atoms with van der Waals surface area (Å²) in [6.07, 6.45) is 9.51. The summed E-state index contributed by atoms with van der Waals surface area (Å²) in [4.78, 5) is 2.51. The van der Waals surface area contributed by atoms with Gasteiger partial charge in [0, 0.05) is 27.6 Å². The predicted molar refractivity (Wildman–Crippen MR) is 207 cm³/mol. The molecule has 0 radical (unpaired) electrons. The maximum Gasteiger partial charge on any atom is 0.159 e. The Morgan fingerprint density at radius 3 is 1.94 bits per heavy atom. The normalized spacial score (nSPS) is 27.8. The second kappa shape index (κ2) is 9.93. The van der Waals surface area contributed by atoms with Crippen LogP contribution in [0.2, 0.25) is 0 Å². The monoisotopic (exact) mass is 653 g/mol. The Bertz CT molecular complexity index is 2340. The maximum absolute atomic E-state index is 6.76. The first kappa shape index (κ1) is 29.4. The summed E-state index contributed by atoms with van der Waals surface area (Å²) in [5.41, 5.74) is 15.0. The summed E-state index contributed by atoms with van der Waals surface area (Å²) in [6, 6.07) is 39.6. The minimum absolute atomic E-state index is 0.112. The van der Waals surface area contributed by atoms with Crippen molar-refractivity contribution in [3.05, 3.63) is 125 Å². The Morgan fingerprint density at radius 1 is 0.540 bits per heavy atom. The van der Waals surface area contributed by atoms with E-state index < -0.39 is 0 Å². The van der Waals surface area contributed by atoms with E-state index in [9.17, 15) is 0 Å². The third kappa shape index (κ3) is 3.81. The highest BCUT2D eigenvalue weighted by atomic mass is 16.3. The SMILES string of the molecule is CC1(C)CCC(C)(C)c2cc(N(c3ccc4c(c3)-c3ccccc3C43C4CC5CC(C4)CC3C5)c3cccc4c3oc3ccccc34)ccc21. The molecule has 1 aromatic heterocycles. The average molecular weight is 654 g/mol. The topological polar surface area (TPSA) is 16.4 Å². The van der Waals surface area contributed by atoms with Crippen LogP contribution >= 0.6 is 0 Å². The standard InChI is InChI=1S/C48H47NO/c1-46(2)20-21-47(3,4)42-28-34(17-19-41(42)46)49(43-14-9-12-37-36-11-6-8-15-44(36)50-45(37)43)33-16-18-40-38(27-33)35-10-5-7-13-39(35)48(40)31-23-29-22-30(25-31)26-32(48)24-29/h5-19,27-32H,20-26H2,1-4H3. The van der Waals surface area contributed by atoms with Crippen LogP contribution < -0.4 is 4.90 Å². The first-order valence-corrected chi connectivity index (χ1v) is 19.3. The zero-order valence-electron chi connectivity index (χ0n) is 29.9. The van der Waals surface area contributed by atoms with Crippen LogP contribution in [-0.4, -0.2) is 0 Å². The highest BCUT2D eigenvalue weighted by molar-refractivity contribution is 6.10. The van der Waals surface area contributed by atoms with E-state index in [-0.39, 0.29) is 16.2 Å². The maximum atomic E-state index is 6.76. The van der Waals surface area contributed by atoms with Crippen molar-refractivity contribution in [2.75, 3.05) is 4.90 Å². The molecule has 6 aliphatic carbocycles. The van der Waals surface area contributed by atoms with Crippen LogP contribution in [0.1, 0.15) is 94.9 Å². The number of hydrogen-bond donors (Lipinski definition) is 0. The number of hydrogen-bond acceptors (Lipinski definition) is 2. The van der Waals surface area contributed by atoms with Gasteiger partial charge in [-0.3, -0.25) is 0 Å². The summed E-state index contributed by atoms with van der Waals surface area (Å²) in [6.45, 7) is 9.72. The molecule has 5 aromatic carbocycles. The minimum atomic E-state index is 0.112. The number of rotatable bonds is 3. The fourth-order valence-electron chi connectivity index (χ4n) is 12.3. The first-order valence-electron chi connectivity index (χ1n) is 19.3. The molecule has 0 saturated heterocycles. The van der Waals surface area contributed by atoms with E-state index in [0.717, 1.165) is 40.5 Å². The highest BCUT2D eigenvalue weighted by Crippen LogP contribution is 2.69. The molecule has 4 fully saturated rings.